The quantitative estimate of drug-likeness (QED) is 0.440. The molecular weight excluding hydrogens is 320 g/mol. The Hall–Kier alpha value is -2.48. The summed E-state index contributed by atoms with van der Waals surface area (Å²) in [6.45, 7) is 3.82. The van der Waals surface area contributed by atoms with Gasteiger partial charge in [-0.15, -0.1) is 0 Å². The number of amides is 2. The van der Waals surface area contributed by atoms with Crippen LogP contribution in [0.3, 0.4) is 0 Å². The molecule has 0 spiro atoms. The number of nitrogens with two attached hydrogens (primary N) is 1. The van der Waals surface area contributed by atoms with Gasteiger partial charge in [-0.2, -0.15) is 0 Å². The van der Waals surface area contributed by atoms with Crippen LogP contribution < -0.4 is 16.6 Å². The molecule has 7 heteroatoms. The van der Waals surface area contributed by atoms with Crippen molar-refractivity contribution in [3.05, 3.63) is 41.5 Å². The minimum Gasteiger partial charge on any atom is -0.373 e. The molecule has 2 aliphatic rings. The summed E-state index contributed by atoms with van der Waals surface area (Å²) in [5, 5.41) is 4.66. The van der Waals surface area contributed by atoms with Gasteiger partial charge in [0.15, 0.2) is 0 Å². The Kier molecular flexibility index (Phi) is 3.91. The fourth-order valence-electron chi connectivity index (χ4n) is 3.67. The maximum absolute atomic E-state index is 13.1. The van der Waals surface area contributed by atoms with Crippen molar-refractivity contribution in [1.29, 1.82) is 0 Å². The number of nitrogens with one attached hydrogen (secondary N) is 2. The van der Waals surface area contributed by atoms with Gasteiger partial charge in [-0.3, -0.25) is 20.3 Å². The first-order valence-corrected chi connectivity index (χ1v) is 8.36. The Labute approximate surface area is 145 Å². The molecule has 2 aliphatic heterocycles. The molecule has 4 rings (SSSR count). The number of nitrogen functional groups attached to an aromatic ring is 1. The number of nitrogens with zero attached hydrogens (tertiary/aromatic N) is 1. The van der Waals surface area contributed by atoms with Gasteiger partial charge in [0.05, 0.1) is 24.4 Å². The number of morpholine rings is 1. The fourth-order valence-corrected chi connectivity index (χ4v) is 3.67. The monoisotopic (exact) mass is 340 g/mol. The molecule has 2 aromatic rings. The van der Waals surface area contributed by atoms with E-state index in [1.165, 1.54) is 4.90 Å². The number of hydrazine groups is 1. The van der Waals surface area contributed by atoms with Gasteiger partial charge in [0, 0.05) is 35.0 Å². The molecule has 0 aromatic heterocycles. The van der Waals surface area contributed by atoms with E-state index >= 15 is 0 Å². The molecule has 2 amide bonds. The molecule has 0 saturated carbocycles. The Morgan fingerprint density at radius 2 is 2.00 bits per heavy atom. The Morgan fingerprint density at radius 3 is 2.68 bits per heavy atom. The van der Waals surface area contributed by atoms with Gasteiger partial charge in [-0.1, -0.05) is 12.1 Å². The number of anilines is 1. The second-order valence-electron chi connectivity index (χ2n) is 6.37. The van der Waals surface area contributed by atoms with Gasteiger partial charge in [0.1, 0.15) is 0 Å². The minimum absolute atomic E-state index is 0.215. The highest BCUT2D eigenvalue weighted by molar-refractivity contribution is 6.26. The standard InChI is InChI=1S/C18H20N4O3/c1-10(15-9-20-7-8-25-15)22-17(23)12-4-2-3-11-14(21-19)6-5-13(16(11)12)18(22)24/h2-6,10,15,20-21H,7-9,19H2,1H3. The zero-order valence-corrected chi connectivity index (χ0v) is 13.9. The predicted octanol–water partition coefficient (Wildman–Crippen LogP) is 1.10. The van der Waals surface area contributed by atoms with Crippen LogP contribution in [-0.4, -0.2) is 48.6 Å². The smallest absolute Gasteiger partial charge is 0.261 e. The number of benzene rings is 2. The lowest BCUT2D eigenvalue weighted by Crippen LogP contribution is -2.55. The van der Waals surface area contributed by atoms with Crippen LogP contribution in [-0.2, 0) is 4.74 Å². The Balaban J connectivity index is 1.82. The van der Waals surface area contributed by atoms with E-state index in [-0.39, 0.29) is 24.0 Å². The first kappa shape index (κ1) is 16.0. The summed E-state index contributed by atoms with van der Waals surface area (Å²) < 4.78 is 5.75. The van der Waals surface area contributed by atoms with Crippen LogP contribution in [0, 0.1) is 0 Å². The fraction of sp³-hybridized carbons (Fsp3) is 0.333. The lowest BCUT2D eigenvalue weighted by molar-refractivity contribution is -0.0178. The van der Waals surface area contributed by atoms with Crippen LogP contribution in [0.25, 0.3) is 10.8 Å². The van der Waals surface area contributed by atoms with Crippen molar-refractivity contribution in [2.24, 2.45) is 5.84 Å². The average molecular weight is 340 g/mol. The van der Waals surface area contributed by atoms with Crippen molar-refractivity contribution in [2.75, 3.05) is 25.1 Å². The Morgan fingerprint density at radius 1 is 1.24 bits per heavy atom. The summed E-state index contributed by atoms with van der Waals surface area (Å²) in [5.41, 5.74) is 4.33. The lowest BCUT2D eigenvalue weighted by Gasteiger charge is -2.37. The molecule has 0 bridgehead atoms. The van der Waals surface area contributed by atoms with Crippen molar-refractivity contribution in [2.45, 2.75) is 19.1 Å². The summed E-state index contributed by atoms with van der Waals surface area (Å²) in [7, 11) is 0. The molecule has 1 saturated heterocycles. The van der Waals surface area contributed by atoms with Crippen LogP contribution in [0.5, 0.6) is 0 Å². The molecule has 130 valence electrons. The van der Waals surface area contributed by atoms with E-state index in [9.17, 15) is 9.59 Å². The number of rotatable bonds is 3. The molecule has 4 N–H and O–H groups in total. The van der Waals surface area contributed by atoms with E-state index < -0.39 is 0 Å². The average Bonchev–Trinajstić information content (AvgIpc) is 2.66. The molecule has 1 fully saturated rings. The minimum atomic E-state index is -0.358. The number of carbonyl (C=O) groups excluding carboxylic acids is 2. The van der Waals surface area contributed by atoms with Gasteiger partial charge in [-0.05, 0) is 25.1 Å². The van der Waals surface area contributed by atoms with E-state index in [1.807, 2.05) is 13.0 Å². The summed E-state index contributed by atoms with van der Waals surface area (Å²) in [4.78, 5) is 27.5. The topological polar surface area (TPSA) is 96.7 Å². The Bertz CT molecular complexity index is 839. The van der Waals surface area contributed by atoms with Crippen LogP contribution in [0.2, 0.25) is 0 Å². The molecule has 0 aliphatic carbocycles. The van der Waals surface area contributed by atoms with Crippen LogP contribution in [0.4, 0.5) is 5.69 Å². The normalized spacial score (nSPS) is 21.5. The highest BCUT2D eigenvalue weighted by atomic mass is 16.5. The molecule has 0 radical (unpaired) electrons. The second-order valence-corrected chi connectivity index (χ2v) is 6.37. The molecule has 2 unspecified atom stereocenters. The van der Waals surface area contributed by atoms with Crippen molar-refractivity contribution in [3.8, 4) is 0 Å². The number of imide groups is 1. The van der Waals surface area contributed by atoms with Crippen molar-refractivity contribution in [1.82, 2.24) is 10.2 Å². The van der Waals surface area contributed by atoms with Gasteiger partial charge >= 0.3 is 0 Å². The maximum Gasteiger partial charge on any atom is 0.261 e. The van der Waals surface area contributed by atoms with E-state index in [0.29, 0.717) is 35.4 Å². The third-order valence-corrected chi connectivity index (χ3v) is 5.00. The number of hydrogen-bond donors (Lipinski definition) is 3. The zero-order chi connectivity index (χ0) is 17.6. The highest BCUT2D eigenvalue weighted by Gasteiger charge is 2.39. The molecule has 2 aromatic carbocycles. The first-order valence-electron chi connectivity index (χ1n) is 8.36. The van der Waals surface area contributed by atoms with Crippen molar-refractivity contribution in [3.63, 3.8) is 0 Å². The maximum atomic E-state index is 13.1. The van der Waals surface area contributed by atoms with Gasteiger partial charge in [0.25, 0.3) is 11.8 Å². The molecular formula is C18H20N4O3. The van der Waals surface area contributed by atoms with E-state index in [1.54, 1.807) is 24.3 Å². The van der Waals surface area contributed by atoms with E-state index in [4.69, 9.17) is 10.6 Å². The van der Waals surface area contributed by atoms with Crippen molar-refractivity contribution < 1.29 is 14.3 Å². The molecule has 25 heavy (non-hydrogen) atoms. The summed E-state index contributed by atoms with van der Waals surface area (Å²) in [5.74, 6) is 4.98. The zero-order valence-electron chi connectivity index (χ0n) is 13.9. The SMILES string of the molecule is CC(C1CNCCO1)N1C(=O)c2cccc3c(NN)ccc(c23)C1=O. The van der Waals surface area contributed by atoms with Gasteiger partial charge in [0.2, 0.25) is 0 Å². The molecule has 2 atom stereocenters. The third kappa shape index (κ3) is 2.39. The highest BCUT2D eigenvalue weighted by Crippen LogP contribution is 2.35. The summed E-state index contributed by atoms with van der Waals surface area (Å²) in [6, 6.07) is 8.53. The lowest BCUT2D eigenvalue weighted by atomic mass is 9.91. The molecule has 7 nitrogen and oxygen atoms in total. The largest absolute Gasteiger partial charge is 0.373 e. The number of ether oxygens (including phenoxy) is 1. The van der Waals surface area contributed by atoms with Gasteiger partial charge in [-0.25, -0.2) is 0 Å². The second kappa shape index (κ2) is 6.11. The third-order valence-electron chi connectivity index (χ3n) is 5.00. The summed E-state index contributed by atoms with van der Waals surface area (Å²) >= 11 is 0. The van der Waals surface area contributed by atoms with E-state index in [0.717, 1.165) is 11.9 Å². The van der Waals surface area contributed by atoms with Gasteiger partial charge < -0.3 is 15.5 Å². The van der Waals surface area contributed by atoms with Crippen LogP contribution in [0.15, 0.2) is 30.3 Å². The van der Waals surface area contributed by atoms with Crippen LogP contribution >= 0.6 is 0 Å². The van der Waals surface area contributed by atoms with Crippen molar-refractivity contribution >= 4 is 28.3 Å². The number of carbonyl (C=O) groups is 2. The van der Waals surface area contributed by atoms with E-state index in [2.05, 4.69) is 10.7 Å². The molecule has 2 heterocycles. The first-order chi connectivity index (χ1) is 12.1. The number of hydrogen-bond acceptors (Lipinski definition) is 6. The van der Waals surface area contributed by atoms with Crippen LogP contribution in [0.1, 0.15) is 27.6 Å². The predicted molar refractivity (Wildman–Crippen MR) is 94.3 cm³/mol. The summed E-state index contributed by atoms with van der Waals surface area (Å²) in [6.07, 6.45) is -0.215.